The fraction of sp³-hybridized carbons (Fsp3) is 1.00. The first-order valence-electron chi connectivity index (χ1n) is 7.69. The molecule has 3 unspecified atom stereocenters. The van der Waals surface area contributed by atoms with Crippen molar-refractivity contribution in [2.45, 2.75) is 77.0 Å². The van der Waals surface area contributed by atoms with E-state index in [4.69, 9.17) is 19.3 Å². The molecule has 1 aliphatic carbocycles. The zero-order valence-corrected chi connectivity index (χ0v) is 13.0. The van der Waals surface area contributed by atoms with E-state index in [2.05, 4.69) is 0 Å². The van der Waals surface area contributed by atoms with Crippen LogP contribution in [0.2, 0.25) is 0 Å². The summed E-state index contributed by atoms with van der Waals surface area (Å²) >= 11 is 0. The van der Waals surface area contributed by atoms with E-state index in [1.165, 1.54) is 6.42 Å². The third-order valence-electron chi connectivity index (χ3n) is 3.54. The van der Waals surface area contributed by atoms with Crippen molar-refractivity contribution >= 4 is 0 Å². The Kier molecular flexibility index (Phi) is 7.99. The maximum atomic E-state index is 10.3. The van der Waals surface area contributed by atoms with Crippen LogP contribution < -0.4 is 0 Å². The standard InChI is InChI=1S/C15H30O5/c1-12(9-16)18-10-13(2)19-11-14(3)20-15(17)7-5-4-6-8-15/h12-14,16-17H,4-11H2,1-3H3. The van der Waals surface area contributed by atoms with Gasteiger partial charge in [0, 0.05) is 12.8 Å². The lowest BCUT2D eigenvalue weighted by Gasteiger charge is -2.34. The van der Waals surface area contributed by atoms with Gasteiger partial charge in [0.2, 0.25) is 0 Å². The molecule has 0 heterocycles. The molecule has 3 atom stereocenters. The molecule has 1 aliphatic rings. The van der Waals surface area contributed by atoms with E-state index in [9.17, 15) is 5.11 Å². The van der Waals surface area contributed by atoms with Gasteiger partial charge in [0.25, 0.3) is 0 Å². The third kappa shape index (κ3) is 6.99. The zero-order valence-electron chi connectivity index (χ0n) is 13.0. The van der Waals surface area contributed by atoms with Crippen molar-refractivity contribution < 1.29 is 24.4 Å². The molecule has 0 spiro atoms. The van der Waals surface area contributed by atoms with E-state index in [1.807, 2.05) is 20.8 Å². The molecule has 0 aromatic rings. The van der Waals surface area contributed by atoms with Crippen molar-refractivity contribution in [3.05, 3.63) is 0 Å². The molecule has 0 aromatic carbocycles. The second-order valence-corrected chi connectivity index (χ2v) is 5.91. The maximum absolute atomic E-state index is 10.3. The van der Waals surface area contributed by atoms with Gasteiger partial charge in [-0.05, 0) is 33.6 Å². The largest absolute Gasteiger partial charge is 0.394 e. The highest BCUT2D eigenvalue weighted by molar-refractivity contribution is 4.74. The van der Waals surface area contributed by atoms with Crippen LogP contribution in [0.5, 0.6) is 0 Å². The first-order valence-corrected chi connectivity index (χ1v) is 7.69. The molecule has 5 heteroatoms. The second kappa shape index (κ2) is 8.95. The van der Waals surface area contributed by atoms with E-state index in [-0.39, 0.29) is 24.9 Å². The van der Waals surface area contributed by atoms with Crippen molar-refractivity contribution in [2.75, 3.05) is 19.8 Å². The molecular weight excluding hydrogens is 260 g/mol. The SMILES string of the molecule is CC(CO)OCC(C)OCC(C)OC1(O)CCCCC1. The van der Waals surface area contributed by atoms with Crippen LogP contribution in [0.1, 0.15) is 52.9 Å². The summed E-state index contributed by atoms with van der Waals surface area (Å²) < 4.78 is 16.8. The van der Waals surface area contributed by atoms with E-state index >= 15 is 0 Å². The minimum Gasteiger partial charge on any atom is -0.394 e. The highest BCUT2D eigenvalue weighted by Gasteiger charge is 2.31. The molecule has 0 aliphatic heterocycles. The molecule has 1 fully saturated rings. The highest BCUT2D eigenvalue weighted by atomic mass is 16.6. The molecule has 0 bridgehead atoms. The van der Waals surface area contributed by atoms with Crippen molar-refractivity contribution in [2.24, 2.45) is 0 Å². The lowest BCUT2D eigenvalue weighted by Crippen LogP contribution is -2.39. The Morgan fingerprint density at radius 1 is 0.900 bits per heavy atom. The third-order valence-corrected chi connectivity index (χ3v) is 3.54. The summed E-state index contributed by atoms with van der Waals surface area (Å²) in [5.41, 5.74) is 0. The molecule has 2 N–H and O–H groups in total. The number of aliphatic hydroxyl groups is 2. The molecular formula is C15H30O5. The van der Waals surface area contributed by atoms with E-state index < -0.39 is 5.79 Å². The van der Waals surface area contributed by atoms with Crippen LogP contribution in [-0.4, -0.2) is 54.1 Å². The molecule has 0 amide bonds. The minimum absolute atomic E-state index is 0.0132. The molecule has 0 saturated heterocycles. The summed E-state index contributed by atoms with van der Waals surface area (Å²) in [5, 5.41) is 19.1. The Morgan fingerprint density at radius 2 is 1.45 bits per heavy atom. The monoisotopic (exact) mass is 290 g/mol. The summed E-state index contributed by atoms with van der Waals surface area (Å²) in [6.45, 7) is 6.54. The fourth-order valence-electron chi connectivity index (χ4n) is 2.33. The Bertz CT molecular complexity index is 253. The van der Waals surface area contributed by atoms with Crippen LogP contribution in [0, 0.1) is 0 Å². The van der Waals surface area contributed by atoms with Crippen molar-refractivity contribution in [3.8, 4) is 0 Å². The minimum atomic E-state index is -0.966. The number of aliphatic hydroxyl groups excluding tert-OH is 1. The molecule has 1 rings (SSSR count). The van der Waals surface area contributed by atoms with Gasteiger partial charge < -0.3 is 24.4 Å². The average molecular weight is 290 g/mol. The Morgan fingerprint density at radius 3 is 2.05 bits per heavy atom. The predicted octanol–water partition coefficient (Wildman–Crippen LogP) is 1.85. The van der Waals surface area contributed by atoms with Crippen molar-refractivity contribution in [1.82, 2.24) is 0 Å². The van der Waals surface area contributed by atoms with Crippen LogP contribution in [0.15, 0.2) is 0 Å². The van der Waals surface area contributed by atoms with E-state index in [1.54, 1.807) is 0 Å². The summed E-state index contributed by atoms with van der Waals surface area (Å²) in [4.78, 5) is 0. The number of hydrogen-bond donors (Lipinski definition) is 2. The van der Waals surface area contributed by atoms with Gasteiger partial charge in [-0.3, -0.25) is 0 Å². The first-order chi connectivity index (χ1) is 9.45. The van der Waals surface area contributed by atoms with Gasteiger partial charge in [-0.1, -0.05) is 6.42 Å². The quantitative estimate of drug-likeness (QED) is 0.634. The van der Waals surface area contributed by atoms with Gasteiger partial charge in [-0.25, -0.2) is 0 Å². The Balaban J connectivity index is 2.16. The highest BCUT2D eigenvalue weighted by Crippen LogP contribution is 2.30. The van der Waals surface area contributed by atoms with E-state index in [0.29, 0.717) is 26.1 Å². The van der Waals surface area contributed by atoms with E-state index in [0.717, 1.165) is 12.8 Å². The zero-order chi connectivity index (χ0) is 15.0. The lowest BCUT2D eigenvalue weighted by atomic mass is 9.94. The number of ether oxygens (including phenoxy) is 3. The average Bonchev–Trinajstić information content (AvgIpc) is 2.42. The van der Waals surface area contributed by atoms with Crippen LogP contribution in [-0.2, 0) is 14.2 Å². The molecule has 120 valence electrons. The lowest BCUT2D eigenvalue weighted by molar-refractivity contribution is -0.251. The second-order valence-electron chi connectivity index (χ2n) is 5.91. The van der Waals surface area contributed by atoms with Gasteiger partial charge in [-0.2, -0.15) is 0 Å². The smallest absolute Gasteiger partial charge is 0.165 e. The maximum Gasteiger partial charge on any atom is 0.165 e. The van der Waals surface area contributed by atoms with Gasteiger partial charge in [0.05, 0.1) is 38.1 Å². The molecule has 5 nitrogen and oxygen atoms in total. The molecule has 0 aromatic heterocycles. The summed E-state index contributed by atoms with van der Waals surface area (Å²) in [6, 6.07) is 0. The van der Waals surface area contributed by atoms with Crippen LogP contribution in [0.3, 0.4) is 0 Å². The summed E-state index contributed by atoms with van der Waals surface area (Å²) in [7, 11) is 0. The van der Waals surface area contributed by atoms with Crippen LogP contribution >= 0.6 is 0 Å². The predicted molar refractivity (Wildman–Crippen MR) is 76.5 cm³/mol. The Hall–Kier alpha value is -0.200. The first kappa shape index (κ1) is 17.9. The van der Waals surface area contributed by atoms with Crippen molar-refractivity contribution in [3.63, 3.8) is 0 Å². The Labute approximate surface area is 122 Å². The van der Waals surface area contributed by atoms with Crippen molar-refractivity contribution in [1.29, 1.82) is 0 Å². The van der Waals surface area contributed by atoms with Crippen LogP contribution in [0.4, 0.5) is 0 Å². The number of hydrogen-bond acceptors (Lipinski definition) is 5. The van der Waals surface area contributed by atoms with Gasteiger partial charge in [0.1, 0.15) is 0 Å². The van der Waals surface area contributed by atoms with Gasteiger partial charge in [0.15, 0.2) is 5.79 Å². The summed E-state index contributed by atoms with van der Waals surface area (Å²) in [5.74, 6) is -0.966. The topological polar surface area (TPSA) is 68.2 Å². The molecule has 20 heavy (non-hydrogen) atoms. The van der Waals surface area contributed by atoms with Gasteiger partial charge >= 0.3 is 0 Å². The number of rotatable bonds is 9. The van der Waals surface area contributed by atoms with Gasteiger partial charge in [-0.15, -0.1) is 0 Å². The fourth-order valence-corrected chi connectivity index (χ4v) is 2.33. The molecule has 0 radical (unpaired) electrons. The normalized spacial score (nSPS) is 23.2. The van der Waals surface area contributed by atoms with Crippen LogP contribution in [0.25, 0.3) is 0 Å². The summed E-state index contributed by atoms with van der Waals surface area (Å²) in [6.07, 6.45) is 4.27. The molecule has 1 saturated carbocycles.